The smallest absolute Gasteiger partial charge is 0.235 e. The van der Waals surface area contributed by atoms with E-state index in [0.29, 0.717) is 9.47 Å². The number of thioether (sulfide) groups is 1. The molecule has 1 atom stereocenters. The maximum absolute atomic E-state index is 11.9. The molecular weight excluding hydrogens is 416 g/mol. The first-order valence-corrected chi connectivity index (χ1v) is 10.8. The van der Waals surface area contributed by atoms with Gasteiger partial charge in [0, 0.05) is 5.69 Å². The normalized spacial score (nSPS) is 11.6. The van der Waals surface area contributed by atoms with Crippen molar-refractivity contribution in [3.05, 3.63) is 90.5 Å². The van der Waals surface area contributed by atoms with E-state index < -0.39 is 11.2 Å². The Bertz CT molecular complexity index is 1100. The SMILES string of the molecule is NC(=O)C(Sc1nnc(Nc2ccc(Oc3ccccc3)cc2)s1)c1ccccc1. The molecule has 6 nitrogen and oxygen atoms in total. The Balaban J connectivity index is 1.40. The number of primary amides is 1. The molecule has 150 valence electrons. The molecule has 0 aliphatic carbocycles. The van der Waals surface area contributed by atoms with Gasteiger partial charge in [-0.15, -0.1) is 10.2 Å². The van der Waals surface area contributed by atoms with E-state index in [4.69, 9.17) is 10.5 Å². The van der Waals surface area contributed by atoms with Crippen molar-refractivity contribution in [3.8, 4) is 11.5 Å². The van der Waals surface area contributed by atoms with Crippen LogP contribution in [0.25, 0.3) is 0 Å². The second-order valence-electron chi connectivity index (χ2n) is 6.25. The molecule has 8 heteroatoms. The molecule has 0 fully saturated rings. The monoisotopic (exact) mass is 434 g/mol. The standard InChI is InChI=1S/C22H18N4O2S2/c23-20(27)19(15-7-3-1-4-8-15)29-22-26-25-21(30-22)24-16-11-13-18(14-12-16)28-17-9-5-2-6-10-17/h1-14,19H,(H2,23,27)(H,24,25). The zero-order valence-corrected chi connectivity index (χ0v) is 17.4. The first-order chi connectivity index (χ1) is 14.7. The summed E-state index contributed by atoms with van der Waals surface area (Å²) >= 11 is 2.66. The summed E-state index contributed by atoms with van der Waals surface area (Å²) in [5.74, 6) is 1.11. The molecule has 0 radical (unpaired) electrons. The number of para-hydroxylation sites is 1. The molecular formula is C22H18N4O2S2. The third-order valence-electron chi connectivity index (χ3n) is 4.07. The third-order valence-corrected chi connectivity index (χ3v) is 6.27. The predicted molar refractivity (Wildman–Crippen MR) is 120 cm³/mol. The lowest BCUT2D eigenvalue weighted by Gasteiger charge is -2.10. The maximum Gasteiger partial charge on any atom is 0.235 e. The summed E-state index contributed by atoms with van der Waals surface area (Å²) in [5, 5.41) is 11.7. The molecule has 0 aliphatic heterocycles. The molecule has 1 aromatic heterocycles. The van der Waals surface area contributed by atoms with Gasteiger partial charge in [-0.3, -0.25) is 4.79 Å². The van der Waals surface area contributed by atoms with Gasteiger partial charge in [-0.05, 0) is 42.0 Å². The molecule has 0 saturated heterocycles. The van der Waals surface area contributed by atoms with Gasteiger partial charge < -0.3 is 15.8 Å². The van der Waals surface area contributed by atoms with Crippen molar-refractivity contribution < 1.29 is 9.53 Å². The van der Waals surface area contributed by atoms with Crippen LogP contribution >= 0.6 is 23.1 Å². The number of hydrogen-bond donors (Lipinski definition) is 2. The van der Waals surface area contributed by atoms with Crippen molar-refractivity contribution >= 4 is 39.8 Å². The second-order valence-corrected chi connectivity index (χ2v) is 8.58. The molecule has 1 unspecified atom stereocenters. The fourth-order valence-electron chi connectivity index (χ4n) is 2.68. The number of aromatic nitrogens is 2. The maximum atomic E-state index is 11.9. The highest BCUT2D eigenvalue weighted by molar-refractivity contribution is 8.01. The van der Waals surface area contributed by atoms with E-state index in [2.05, 4.69) is 15.5 Å². The van der Waals surface area contributed by atoms with Gasteiger partial charge in [0.2, 0.25) is 11.0 Å². The average molecular weight is 435 g/mol. The summed E-state index contributed by atoms with van der Waals surface area (Å²) in [7, 11) is 0. The van der Waals surface area contributed by atoms with E-state index in [-0.39, 0.29) is 0 Å². The molecule has 0 spiro atoms. The Kier molecular flexibility index (Phi) is 6.26. The Labute approximate surface area is 182 Å². The number of benzene rings is 3. The minimum Gasteiger partial charge on any atom is -0.457 e. The molecule has 3 aromatic carbocycles. The van der Waals surface area contributed by atoms with E-state index in [1.165, 1.54) is 23.1 Å². The van der Waals surface area contributed by atoms with Crippen molar-refractivity contribution in [1.29, 1.82) is 0 Å². The van der Waals surface area contributed by atoms with Crippen LogP contribution in [0.5, 0.6) is 11.5 Å². The molecule has 1 heterocycles. The van der Waals surface area contributed by atoms with Crippen LogP contribution in [0.15, 0.2) is 89.3 Å². The van der Waals surface area contributed by atoms with Gasteiger partial charge >= 0.3 is 0 Å². The van der Waals surface area contributed by atoms with Crippen LogP contribution in [0.4, 0.5) is 10.8 Å². The second kappa shape index (κ2) is 9.43. The van der Waals surface area contributed by atoms with Crippen LogP contribution in [-0.4, -0.2) is 16.1 Å². The summed E-state index contributed by atoms with van der Waals surface area (Å²) in [4.78, 5) is 11.9. The fourth-order valence-corrected chi connectivity index (χ4v) is 4.60. The minimum atomic E-state index is -0.513. The molecule has 1 amide bonds. The van der Waals surface area contributed by atoms with Crippen LogP contribution in [0.2, 0.25) is 0 Å². The van der Waals surface area contributed by atoms with Gasteiger partial charge in [-0.25, -0.2) is 0 Å². The summed E-state index contributed by atoms with van der Waals surface area (Å²) in [6, 6.07) is 26.6. The quantitative estimate of drug-likeness (QED) is 0.361. The van der Waals surface area contributed by atoms with Crippen LogP contribution in [0.1, 0.15) is 10.8 Å². The third kappa shape index (κ3) is 5.16. The summed E-state index contributed by atoms with van der Waals surface area (Å²) in [6.45, 7) is 0. The Morgan fingerprint density at radius 2 is 1.53 bits per heavy atom. The van der Waals surface area contributed by atoms with Gasteiger partial charge in [0.15, 0.2) is 4.34 Å². The number of nitrogens with one attached hydrogen (secondary N) is 1. The van der Waals surface area contributed by atoms with Crippen molar-refractivity contribution in [3.63, 3.8) is 0 Å². The summed E-state index contributed by atoms with van der Waals surface area (Å²) < 4.78 is 6.46. The molecule has 3 N–H and O–H groups in total. The first-order valence-electron chi connectivity index (χ1n) is 9.12. The summed E-state index contributed by atoms with van der Waals surface area (Å²) in [6.07, 6.45) is 0. The number of amides is 1. The van der Waals surface area contributed by atoms with Crippen molar-refractivity contribution in [1.82, 2.24) is 10.2 Å². The number of hydrogen-bond acceptors (Lipinski definition) is 7. The van der Waals surface area contributed by atoms with Crippen LogP contribution in [0.3, 0.4) is 0 Å². The lowest BCUT2D eigenvalue weighted by molar-refractivity contribution is -0.117. The lowest BCUT2D eigenvalue weighted by atomic mass is 10.1. The molecule has 4 rings (SSSR count). The average Bonchev–Trinajstić information content (AvgIpc) is 3.21. The van der Waals surface area contributed by atoms with Crippen molar-refractivity contribution in [2.75, 3.05) is 5.32 Å². The number of carbonyl (C=O) groups excluding carboxylic acids is 1. The van der Waals surface area contributed by atoms with Gasteiger partial charge in [0.1, 0.15) is 16.7 Å². The number of nitrogens with two attached hydrogens (primary N) is 1. The number of nitrogens with zero attached hydrogens (tertiary/aromatic N) is 2. The van der Waals surface area contributed by atoms with Gasteiger partial charge in [0.05, 0.1) is 0 Å². The number of carbonyl (C=O) groups is 1. The van der Waals surface area contributed by atoms with Crippen LogP contribution < -0.4 is 15.8 Å². The highest BCUT2D eigenvalue weighted by Crippen LogP contribution is 2.38. The van der Waals surface area contributed by atoms with E-state index >= 15 is 0 Å². The van der Waals surface area contributed by atoms with E-state index in [1.807, 2.05) is 84.9 Å². The number of rotatable bonds is 8. The van der Waals surface area contributed by atoms with E-state index in [1.54, 1.807) is 0 Å². The largest absolute Gasteiger partial charge is 0.457 e. The molecule has 0 aliphatic rings. The lowest BCUT2D eigenvalue weighted by Crippen LogP contribution is -2.18. The topological polar surface area (TPSA) is 90.1 Å². The zero-order chi connectivity index (χ0) is 20.8. The van der Waals surface area contributed by atoms with Gasteiger partial charge in [-0.1, -0.05) is 71.6 Å². The molecule has 30 heavy (non-hydrogen) atoms. The van der Waals surface area contributed by atoms with Crippen LogP contribution in [-0.2, 0) is 4.79 Å². The van der Waals surface area contributed by atoms with Gasteiger partial charge in [-0.2, -0.15) is 0 Å². The Hall–Kier alpha value is -3.36. The van der Waals surface area contributed by atoms with Crippen molar-refractivity contribution in [2.45, 2.75) is 9.59 Å². The zero-order valence-electron chi connectivity index (χ0n) is 15.8. The highest BCUT2D eigenvalue weighted by atomic mass is 32.2. The van der Waals surface area contributed by atoms with E-state index in [0.717, 1.165) is 22.7 Å². The molecule has 0 bridgehead atoms. The molecule has 4 aromatic rings. The Morgan fingerprint density at radius 1 is 0.900 bits per heavy atom. The predicted octanol–water partition coefficient (Wildman–Crippen LogP) is 5.39. The number of anilines is 2. The number of ether oxygens (including phenoxy) is 1. The first kappa shape index (κ1) is 19.9. The van der Waals surface area contributed by atoms with Crippen LogP contribution in [0, 0.1) is 0 Å². The van der Waals surface area contributed by atoms with Crippen molar-refractivity contribution in [2.24, 2.45) is 5.73 Å². The van der Waals surface area contributed by atoms with Gasteiger partial charge in [0.25, 0.3) is 0 Å². The summed E-state index contributed by atoms with van der Waals surface area (Å²) in [5.41, 5.74) is 7.29. The Morgan fingerprint density at radius 3 is 2.20 bits per heavy atom. The highest BCUT2D eigenvalue weighted by Gasteiger charge is 2.21. The molecule has 0 saturated carbocycles. The van der Waals surface area contributed by atoms with E-state index in [9.17, 15) is 4.79 Å². The fraction of sp³-hybridized carbons (Fsp3) is 0.0455. The minimum absolute atomic E-state index is 0.412.